The molecule has 0 aliphatic carbocycles. The van der Waals surface area contributed by atoms with Crippen molar-refractivity contribution >= 4 is 11.6 Å². The van der Waals surface area contributed by atoms with E-state index in [-0.39, 0.29) is 0 Å². The van der Waals surface area contributed by atoms with E-state index in [9.17, 15) is 0 Å². The maximum absolute atomic E-state index is 8.49. The Morgan fingerprint density at radius 1 is 0.875 bits per heavy atom. The molecule has 0 aliphatic heterocycles. The Hall–Kier alpha value is -2.36. The second-order valence-corrected chi connectivity index (χ2v) is 5.67. The summed E-state index contributed by atoms with van der Waals surface area (Å²) in [6.45, 7) is 0. The molecule has 8 nitrogen and oxygen atoms in total. The van der Waals surface area contributed by atoms with Gasteiger partial charge in [-0.25, -0.2) is 18.6 Å². The maximum atomic E-state index is 8.49. The maximum Gasteiger partial charge on any atom is 0.357 e. The van der Waals surface area contributed by atoms with Gasteiger partial charge in [-0.05, 0) is 18.2 Å². The number of pyridine rings is 1. The van der Waals surface area contributed by atoms with Gasteiger partial charge in [-0.15, -0.1) is 15.2 Å². The van der Waals surface area contributed by atoms with Crippen LogP contribution in [0.15, 0.2) is 54.7 Å². The van der Waals surface area contributed by atoms with Gasteiger partial charge in [-0.1, -0.05) is 29.2 Å². The molecule has 0 saturated carbocycles. The Bertz CT molecular complexity index is 803. The summed E-state index contributed by atoms with van der Waals surface area (Å²) in [6, 6.07) is 16.0. The second kappa shape index (κ2) is 7.47. The molecular formula is C15H15ClN4O4. The summed E-state index contributed by atoms with van der Waals surface area (Å²) in [4.78, 5) is 11.2. The van der Waals surface area contributed by atoms with Crippen LogP contribution in [0.5, 0.6) is 0 Å². The number of anilines is 1. The minimum atomic E-state index is -4.94. The molecule has 1 aromatic carbocycles. The average Bonchev–Trinajstić information content (AvgIpc) is 2.53. The van der Waals surface area contributed by atoms with Gasteiger partial charge >= 0.3 is 5.95 Å². The van der Waals surface area contributed by atoms with Crippen LogP contribution in [0.25, 0.3) is 17.0 Å². The molecule has 0 aliphatic rings. The van der Waals surface area contributed by atoms with Gasteiger partial charge < -0.3 is 0 Å². The molecule has 2 aromatic heterocycles. The molecule has 9 heteroatoms. The number of benzene rings is 1. The van der Waals surface area contributed by atoms with Crippen molar-refractivity contribution in [1.82, 2.24) is 9.97 Å². The first kappa shape index (κ1) is 18.0. The molecule has 0 N–H and O–H groups in total. The largest absolute Gasteiger partial charge is 0.357 e. The van der Waals surface area contributed by atoms with Crippen LogP contribution in [0.3, 0.4) is 0 Å². The lowest BCUT2D eigenvalue weighted by atomic mass is 10.2. The van der Waals surface area contributed by atoms with Crippen molar-refractivity contribution in [3.8, 4) is 11.4 Å². The Balaban J connectivity index is 0.000000368. The third kappa shape index (κ3) is 5.08. The lowest BCUT2D eigenvalue weighted by Crippen LogP contribution is -2.68. The molecule has 2 heterocycles. The van der Waals surface area contributed by atoms with Crippen LogP contribution in [0.4, 0.5) is 5.95 Å². The molecule has 126 valence electrons. The van der Waals surface area contributed by atoms with E-state index in [0.717, 1.165) is 23.0 Å². The molecule has 0 amide bonds. The van der Waals surface area contributed by atoms with E-state index >= 15 is 0 Å². The van der Waals surface area contributed by atoms with E-state index in [1.807, 2.05) is 78.1 Å². The zero-order valence-electron chi connectivity index (χ0n) is 13.0. The van der Waals surface area contributed by atoms with Crippen molar-refractivity contribution < 1.29 is 33.3 Å². The Morgan fingerprint density at radius 3 is 2.04 bits per heavy atom. The molecule has 0 saturated heterocycles. The predicted molar refractivity (Wildman–Crippen MR) is 75.0 cm³/mol. The van der Waals surface area contributed by atoms with E-state index in [1.54, 1.807) is 0 Å². The summed E-state index contributed by atoms with van der Waals surface area (Å²) in [5, 5.41) is 0. The van der Waals surface area contributed by atoms with Gasteiger partial charge in [-0.3, -0.25) is 4.90 Å². The number of hydrogen-bond acceptors (Lipinski definition) is 7. The molecule has 0 spiro atoms. The molecule has 0 bridgehead atoms. The average molecular weight is 351 g/mol. The van der Waals surface area contributed by atoms with E-state index in [2.05, 4.69) is 9.97 Å². The van der Waals surface area contributed by atoms with Gasteiger partial charge in [0.2, 0.25) is 5.65 Å². The molecule has 0 fully saturated rings. The number of halogens is 1. The summed E-state index contributed by atoms with van der Waals surface area (Å²) >= 11 is 0. The highest BCUT2D eigenvalue weighted by molar-refractivity contribution is 5.57. The Labute approximate surface area is 140 Å². The number of hydrogen-bond donors (Lipinski definition) is 0. The third-order valence-corrected chi connectivity index (χ3v) is 2.91. The summed E-state index contributed by atoms with van der Waals surface area (Å²) in [5.41, 5.74) is 1.91. The number of rotatable bonds is 2. The van der Waals surface area contributed by atoms with Crippen molar-refractivity contribution in [3.63, 3.8) is 0 Å². The molecule has 0 atom stereocenters. The third-order valence-electron chi connectivity index (χ3n) is 2.91. The van der Waals surface area contributed by atoms with Gasteiger partial charge in [0.05, 0.1) is 6.20 Å². The van der Waals surface area contributed by atoms with Gasteiger partial charge in [0.15, 0.2) is 0 Å². The number of nitrogens with zero attached hydrogens (tertiary/aromatic N) is 4. The molecule has 3 aromatic rings. The lowest BCUT2D eigenvalue weighted by Gasteiger charge is -2.17. The fraction of sp³-hybridized carbons (Fsp3) is 0.133. The SMILES string of the molecule is CN(C)c1nc(-c2ccccc2)nc2cccc[n+]12.[O-][Cl+3]([O-])([O-])[O-]. The summed E-state index contributed by atoms with van der Waals surface area (Å²) in [6.07, 6.45) is 1.97. The Morgan fingerprint density at radius 2 is 1.46 bits per heavy atom. The minimum absolute atomic E-state index is 0.746. The predicted octanol–water partition coefficient (Wildman–Crippen LogP) is -2.81. The smallest absolute Gasteiger partial charge is 0.286 e. The van der Waals surface area contributed by atoms with E-state index < -0.39 is 10.2 Å². The number of fused-ring (bicyclic) bond motifs is 1. The van der Waals surface area contributed by atoms with Crippen LogP contribution in [-0.4, -0.2) is 24.1 Å². The highest BCUT2D eigenvalue weighted by atomic mass is 35.7. The standard InChI is InChI=1S/C15H15N4.ClHO4/c1-18(2)15-17-14(12-8-4-3-5-9-12)16-13-10-6-7-11-19(13)15;2-1(3,4)5/h3-11H,1-2H3;(H,2,3,4,5)/q+1;/p-1. The molecule has 24 heavy (non-hydrogen) atoms. The first-order valence-electron chi connectivity index (χ1n) is 6.78. The van der Waals surface area contributed by atoms with E-state index in [0.29, 0.717) is 0 Å². The minimum Gasteiger partial charge on any atom is -0.286 e. The monoisotopic (exact) mass is 350 g/mol. The van der Waals surface area contributed by atoms with Crippen molar-refractivity contribution in [2.45, 2.75) is 0 Å². The van der Waals surface area contributed by atoms with E-state index in [4.69, 9.17) is 18.6 Å². The van der Waals surface area contributed by atoms with Crippen molar-refractivity contribution in [2.75, 3.05) is 19.0 Å². The normalized spacial score (nSPS) is 10.9. The van der Waals surface area contributed by atoms with Crippen molar-refractivity contribution in [1.29, 1.82) is 0 Å². The van der Waals surface area contributed by atoms with Crippen molar-refractivity contribution in [2.24, 2.45) is 0 Å². The Kier molecular flexibility index (Phi) is 5.60. The lowest BCUT2D eigenvalue weighted by molar-refractivity contribution is -2.00. The van der Waals surface area contributed by atoms with Gasteiger partial charge in [0, 0.05) is 25.7 Å². The topological polar surface area (TPSA) is 125 Å². The van der Waals surface area contributed by atoms with Crippen LogP contribution >= 0.6 is 0 Å². The molecule has 0 radical (unpaired) electrons. The second-order valence-electron chi connectivity index (χ2n) is 4.91. The number of aromatic nitrogens is 3. The van der Waals surface area contributed by atoms with Crippen LogP contribution in [0.1, 0.15) is 0 Å². The quantitative estimate of drug-likeness (QED) is 0.457. The van der Waals surface area contributed by atoms with Crippen LogP contribution < -0.4 is 27.9 Å². The first-order valence-corrected chi connectivity index (χ1v) is 8.02. The van der Waals surface area contributed by atoms with Gasteiger partial charge in [-0.2, -0.15) is 4.40 Å². The molecule has 3 rings (SSSR count). The fourth-order valence-electron chi connectivity index (χ4n) is 2.01. The summed E-state index contributed by atoms with van der Waals surface area (Å²) < 4.78 is 36.0. The summed E-state index contributed by atoms with van der Waals surface area (Å²) in [7, 11) is -0.979. The van der Waals surface area contributed by atoms with Crippen LogP contribution in [0.2, 0.25) is 0 Å². The van der Waals surface area contributed by atoms with Gasteiger partial charge in [0.1, 0.15) is 0 Å². The van der Waals surface area contributed by atoms with E-state index in [1.165, 1.54) is 0 Å². The molecule has 0 unspecified atom stereocenters. The zero-order chi connectivity index (χ0) is 17.7. The molecular weight excluding hydrogens is 336 g/mol. The first-order chi connectivity index (χ1) is 11.3. The van der Waals surface area contributed by atoms with Crippen LogP contribution in [0, 0.1) is 10.2 Å². The van der Waals surface area contributed by atoms with Gasteiger partial charge in [0.25, 0.3) is 5.82 Å². The van der Waals surface area contributed by atoms with Crippen LogP contribution in [-0.2, 0) is 0 Å². The highest BCUT2D eigenvalue weighted by Crippen LogP contribution is 2.16. The zero-order valence-corrected chi connectivity index (χ0v) is 13.8. The van der Waals surface area contributed by atoms with Crippen molar-refractivity contribution in [3.05, 3.63) is 54.7 Å². The highest BCUT2D eigenvalue weighted by Gasteiger charge is 2.17. The fourth-order valence-corrected chi connectivity index (χ4v) is 2.01. The summed E-state index contributed by atoms with van der Waals surface area (Å²) in [5.74, 6) is 1.61.